The first-order valence-electron chi connectivity index (χ1n) is 11.4. The first-order chi connectivity index (χ1) is 17.7. The number of nitriles is 1. The van der Waals surface area contributed by atoms with Crippen molar-refractivity contribution in [1.82, 2.24) is 4.90 Å². The molecule has 0 atom stereocenters. The van der Waals surface area contributed by atoms with Gasteiger partial charge in [0, 0.05) is 31.3 Å². The van der Waals surface area contributed by atoms with Crippen molar-refractivity contribution in [1.29, 1.82) is 5.26 Å². The van der Waals surface area contributed by atoms with Crippen molar-refractivity contribution in [2.24, 2.45) is 0 Å². The Labute approximate surface area is 215 Å². The lowest BCUT2D eigenvalue weighted by atomic mass is 9.82. The highest BCUT2D eigenvalue weighted by Gasteiger charge is 2.44. The van der Waals surface area contributed by atoms with Crippen LogP contribution in [-0.4, -0.2) is 59.4 Å². The number of ketones is 1. The Balaban J connectivity index is 1.41. The van der Waals surface area contributed by atoms with Crippen molar-refractivity contribution >= 4 is 50.0 Å². The predicted molar refractivity (Wildman–Crippen MR) is 133 cm³/mol. The second-order valence-electron chi connectivity index (χ2n) is 8.90. The second kappa shape index (κ2) is 9.22. The van der Waals surface area contributed by atoms with Gasteiger partial charge >= 0.3 is 11.9 Å². The molecule has 0 radical (unpaired) electrons. The average Bonchev–Trinajstić information content (AvgIpc) is 3.26. The summed E-state index contributed by atoms with van der Waals surface area (Å²) in [4.78, 5) is 51.3. The van der Waals surface area contributed by atoms with Crippen LogP contribution in [0.25, 0.3) is 10.1 Å². The molecule has 2 aliphatic rings. The first-order valence-corrected chi connectivity index (χ1v) is 12.3. The fraction of sp³-hybridized carbons (Fsp3) is 0.269. The van der Waals surface area contributed by atoms with Crippen molar-refractivity contribution in [2.45, 2.75) is 24.9 Å². The number of carbonyl (C=O) groups is 4. The molecule has 188 valence electrons. The molecule has 2 N–H and O–H groups in total. The van der Waals surface area contributed by atoms with E-state index in [9.17, 15) is 19.2 Å². The molecule has 0 aliphatic carbocycles. The lowest BCUT2D eigenvalue weighted by molar-refractivity contribution is -0.147. The van der Waals surface area contributed by atoms with Gasteiger partial charge in [0.05, 0.1) is 41.0 Å². The van der Waals surface area contributed by atoms with Gasteiger partial charge in [-0.1, -0.05) is 12.1 Å². The number of fused-ring (bicyclic) bond motifs is 2. The highest BCUT2D eigenvalue weighted by atomic mass is 32.1. The lowest BCUT2D eigenvalue weighted by Gasteiger charge is -2.44. The van der Waals surface area contributed by atoms with Crippen LogP contribution in [0.1, 0.15) is 45.5 Å². The minimum atomic E-state index is -1.66. The van der Waals surface area contributed by atoms with Gasteiger partial charge in [-0.15, -0.1) is 11.3 Å². The number of carboxylic acid groups (broad SMARTS) is 1. The number of nitrogens with zero attached hydrogens (tertiary/aromatic N) is 2. The third kappa shape index (κ3) is 4.25. The number of likely N-dealkylation sites (tertiary alicyclic amines) is 1. The maximum atomic E-state index is 13.7. The highest BCUT2D eigenvalue weighted by molar-refractivity contribution is 7.24. The Hall–Kier alpha value is -4.43. The van der Waals surface area contributed by atoms with E-state index in [1.807, 2.05) is 6.07 Å². The Morgan fingerprint density at radius 3 is 2.65 bits per heavy atom. The summed E-state index contributed by atoms with van der Waals surface area (Å²) in [6.07, 6.45) is 0.966. The summed E-state index contributed by atoms with van der Waals surface area (Å²) in [5.74, 6) is -2.44. The molecule has 3 aromatic rings. The molecular weight excluding hydrogens is 498 g/mol. The predicted octanol–water partition coefficient (Wildman–Crippen LogP) is 3.44. The standard InChI is InChI=1S/C26H21N3O7S/c1-35-19-4-2-3-15-20(23(37-21(15)19)28-22(31)25(33)34)24(32)29-9-7-26(8-10-29)12-17(30)16-11-14(13-27)5-6-18(16)36-26/h2-6,11H,7-10,12H2,1H3,(H,28,31)(H,33,34). The minimum Gasteiger partial charge on any atom is -0.495 e. The van der Waals surface area contributed by atoms with Gasteiger partial charge in [0.1, 0.15) is 22.1 Å². The minimum absolute atomic E-state index is 0.104. The van der Waals surface area contributed by atoms with Crippen LogP contribution >= 0.6 is 11.3 Å². The van der Waals surface area contributed by atoms with Gasteiger partial charge < -0.3 is 24.8 Å². The fourth-order valence-corrected chi connectivity index (χ4v) is 6.01. The number of aliphatic carboxylic acids is 1. The molecule has 1 saturated heterocycles. The van der Waals surface area contributed by atoms with Crippen LogP contribution in [0, 0.1) is 11.3 Å². The number of anilines is 1. The molecule has 0 saturated carbocycles. The summed E-state index contributed by atoms with van der Waals surface area (Å²) in [7, 11) is 1.49. The summed E-state index contributed by atoms with van der Waals surface area (Å²) in [6.45, 7) is 0.594. The van der Waals surface area contributed by atoms with Gasteiger partial charge in [0.25, 0.3) is 5.91 Å². The molecule has 37 heavy (non-hydrogen) atoms. The van der Waals surface area contributed by atoms with Crippen molar-refractivity contribution in [3.63, 3.8) is 0 Å². The second-order valence-corrected chi connectivity index (χ2v) is 9.92. The smallest absolute Gasteiger partial charge is 0.394 e. The molecule has 0 unspecified atom stereocenters. The normalized spacial score (nSPS) is 16.0. The summed E-state index contributed by atoms with van der Waals surface area (Å²) in [5.41, 5.74) is 0.215. The van der Waals surface area contributed by atoms with Gasteiger partial charge in [0.2, 0.25) is 0 Å². The van der Waals surface area contributed by atoms with E-state index < -0.39 is 17.5 Å². The van der Waals surface area contributed by atoms with Gasteiger partial charge in [-0.05, 0) is 24.3 Å². The number of benzene rings is 2. The van der Waals surface area contributed by atoms with Crippen LogP contribution in [0.2, 0.25) is 0 Å². The number of methoxy groups -OCH3 is 1. The van der Waals surface area contributed by atoms with Crippen LogP contribution in [0.5, 0.6) is 11.5 Å². The SMILES string of the molecule is COc1cccc2c(C(=O)N3CCC4(CC3)CC(=O)c3cc(C#N)ccc3O4)c(NC(=O)C(=O)O)sc12. The maximum absolute atomic E-state index is 13.7. The lowest BCUT2D eigenvalue weighted by Crippen LogP contribution is -2.52. The highest BCUT2D eigenvalue weighted by Crippen LogP contribution is 2.43. The number of carboxylic acids is 1. The molecule has 1 fully saturated rings. The largest absolute Gasteiger partial charge is 0.495 e. The molecular formula is C26H21N3O7S. The fourth-order valence-electron chi connectivity index (χ4n) is 4.83. The number of carbonyl (C=O) groups excluding carboxylic acids is 3. The zero-order valence-corrected chi connectivity index (χ0v) is 20.5. The molecule has 1 spiro atoms. The van der Waals surface area contributed by atoms with E-state index in [1.165, 1.54) is 13.2 Å². The average molecular weight is 520 g/mol. The van der Waals surface area contributed by atoms with Gasteiger partial charge in [0.15, 0.2) is 5.78 Å². The van der Waals surface area contributed by atoms with E-state index in [-0.39, 0.29) is 28.7 Å². The summed E-state index contributed by atoms with van der Waals surface area (Å²) in [6, 6.07) is 12.0. The van der Waals surface area contributed by atoms with Crippen molar-refractivity contribution in [3.05, 3.63) is 53.1 Å². The number of ether oxygens (including phenoxy) is 2. The topological polar surface area (TPSA) is 146 Å². The van der Waals surface area contributed by atoms with Crippen LogP contribution in [0.15, 0.2) is 36.4 Å². The first kappa shape index (κ1) is 24.3. The molecule has 11 heteroatoms. The van der Waals surface area contributed by atoms with Crippen LogP contribution < -0.4 is 14.8 Å². The molecule has 10 nitrogen and oxygen atoms in total. The summed E-state index contributed by atoms with van der Waals surface area (Å²) >= 11 is 1.07. The van der Waals surface area contributed by atoms with Crippen LogP contribution in [0.4, 0.5) is 5.00 Å². The summed E-state index contributed by atoms with van der Waals surface area (Å²) in [5, 5.41) is 21.2. The Morgan fingerprint density at radius 1 is 1.22 bits per heavy atom. The molecule has 3 heterocycles. The number of rotatable bonds is 3. The third-order valence-corrected chi connectivity index (χ3v) is 7.85. The Kier molecular flexibility index (Phi) is 6.05. The maximum Gasteiger partial charge on any atom is 0.394 e. The van der Waals surface area contributed by atoms with Crippen molar-refractivity contribution in [2.75, 3.05) is 25.5 Å². The van der Waals surface area contributed by atoms with Crippen LogP contribution in [0.3, 0.4) is 0 Å². The quantitative estimate of drug-likeness (QED) is 0.501. The van der Waals surface area contributed by atoms with Gasteiger partial charge in [-0.25, -0.2) is 4.79 Å². The molecule has 2 aromatic carbocycles. The third-order valence-electron chi connectivity index (χ3n) is 6.71. The Bertz CT molecular complexity index is 1510. The number of piperidine rings is 1. The van der Waals surface area contributed by atoms with E-state index in [4.69, 9.17) is 19.8 Å². The number of Topliss-reactive ketones (excluding diaryl/α,β-unsaturated/α-hetero) is 1. The summed E-state index contributed by atoms with van der Waals surface area (Å²) < 4.78 is 12.2. The van der Waals surface area contributed by atoms with E-state index >= 15 is 0 Å². The number of nitrogens with one attached hydrogen (secondary N) is 1. The number of hydrogen-bond acceptors (Lipinski definition) is 8. The molecule has 5 rings (SSSR count). The molecule has 2 aliphatic heterocycles. The molecule has 2 amide bonds. The number of thiophene rings is 1. The molecule has 0 bridgehead atoms. The zero-order chi connectivity index (χ0) is 26.3. The van der Waals surface area contributed by atoms with Gasteiger partial charge in [-0.2, -0.15) is 5.26 Å². The van der Waals surface area contributed by atoms with E-state index in [0.29, 0.717) is 58.6 Å². The van der Waals surface area contributed by atoms with Crippen LogP contribution in [-0.2, 0) is 9.59 Å². The zero-order valence-electron chi connectivity index (χ0n) is 19.7. The van der Waals surface area contributed by atoms with E-state index in [2.05, 4.69) is 5.32 Å². The van der Waals surface area contributed by atoms with E-state index in [0.717, 1.165) is 11.3 Å². The number of amides is 2. The Morgan fingerprint density at radius 2 is 1.97 bits per heavy atom. The van der Waals surface area contributed by atoms with E-state index in [1.54, 1.807) is 35.2 Å². The number of hydrogen-bond donors (Lipinski definition) is 2. The monoisotopic (exact) mass is 519 g/mol. The molecule has 1 aromatic heterocycles. The van der Waals surface area contributed by atoms with Gasteiger partial charge in [-0.3, -0.25) is 14.4 Å². The van der Waals surface area contributed by atoms with Crippen molar-refractivity contribution in [3.8, 4) is 17.6 Å². The van der Waals surface area contributed by atoms with Crippen molar-refractivity contribution < 1.29 is 33.8 Å².